The zero-order valence-electron chi connectivity index (χ0n) is 13.6. The molecule has 0 spiro atoms. The van der Waals surface area contributed by atoms with Crippen molar-refractivity contribution >= 4 is 0 Å². The molecule has 1 aliphatic rings. The molecule has 0 unspecified atom stereocenters. The Morgan fingerprint density at radius 2 is 1.88 bits per heavy atom. The fourth-order valence-corrected chi connectivity index (χ4v) is 2.72. The molecule has 0 amide bonds. The van der Waals surface area contributed by atoms with Gasteiger partial charge in [0.15, 0.2) is 5.76 Å². The molecule has 0 atom stereocenters. The zero-order chi connectivity index (χ0) is 16.5. The van der Waals surface area contributed by atoms with Gasteiger partial charge in [0, 0.05) is 11.9 Å². The Bertz CT molecular complexity index is 833. The van der Waals surface area contributed by atoms with E-state index in [2.05, 4.69) is 15.1 Å². The van der Waals surface area contributed by atoms with E-state index in [-0.39, 0.29) is 47.2 Å². The number of aromatic nitrogens is 3. The van der Waals surface area contributed by atoms with Gasteiger partial charge in [0.25, 0.3) is 0 Å². The van der Waals surface area contributed by atoms with Crippen LogP contribution in [0.3, 0.4) is 0 Å². The quantitative estimate of drug-likeness (QED) is 0.600. The SMILES string of the molecule is [Na+].[O-]c1cc(-c2cnc(O[C@H]3C[C@@H](c4ccc(F)cc4)C3)cn2)on1. The Hall–Kier alpha value is -1.96. The molecule has 1 aromatic carbocycles. The molecule has 3 aromatic rings. The molecule has 2 heterocycles. The summed E-state index contributed by atoms with van der Waals surface area (Å²) >= 11 is 0. The van der Waals surface area contributed by atoms with Gasteiger partial charge >= 0.3 is 29.6 Å². The van der Waals surface area contributed by atoms with Crippen molar-refractivity contribution in [3.05, 3.63) is 54.1 Å². The van der Waals surface area contributed by atoms with Crippen LogP contribution >= 0.6 is 0 Å². The van der Waals surface area contributed by atoms with Crippen LogP contribution in [0.2, 0.25) is 0 Å². The zero-order valence-corrected chi connectivity index (χ0v) is 15.6. The van der Waals surface area contributed by atoms with Crippen molar-refractivity contribution in [2.75, 3.05) is 0 Å². The largest absolute Gasteiger partial charge is 1.00 e. The van der Waals surface area contributed by atoms with Crippen LogP contribution in [0.1, 0.15) is 24.3 Å². The Labute approximate surface area is 165 Å². The normalized spacial score (nSPS) is 18.9. The Morgan fingerprint density at radius 3 is 2.48 bits per heavy atom. The molecule has 0 saturated heterocycles. The first-order valence-corrected chi connectivity index (χ1v) is 7.55. The molecule has 122 valence electrons. The number of halogens is 1. The third kappa shape index (κ3) is 4.00. The van der Waals surface area contributed by atoms with Crippen LogP contribution in [0.25, 0.3) is 11.5 Å². The molecule has 25 heavy (non-hydrogen) atoms. The maximum absolute atomic E-state index is 12.9. The fourth-order valence-electron chi connectivity index (χ4n) is 2.72. The number of ether oxygens (including phenoxy) is 1. The molecule has 1 saturated carbocycles. The summed E-state index contributed by atoms with van der Waals surface area (Å²) in [4.78, 5) is 8.33. The molecule has 6 nitrogen and oxygen atoms in total. The van der Waals surface area contributed by atoms with Crippen molar-refractivity contribution in [1.82, 2.24) is 15.1 Å². The van der Waals surface area contributed by atoms with Crippen molar-refractivity contribution in [2.24, 2.45) is 0 Å². The summed E-state index contributed by atoms with van der Waals surface area (Å²) < 4.78 is 23.5. The smallest absolute Gasteiger partial charge is 0.856 e. The number of hydrogen-bond acceptors (Lipinski definition) is 6. The van der Waals surface area contributed by atoms with Crippen LogP contribution in [0.4, 0.5) is 4.39 Å². The Morgan fingerprint density at radius 1 is 1.12 bits per heavy atom. The summed E-state index contributed by atoms with van der Waals surface area (Å²) in [6.07, 6.45) is 4.76. The number of benzene rings is 1. The molecular weight excluding hydrogens is 336 g/mol. The Kier molecular flexibility index (Phi) is 5.36. The van der Waals surface area contributed by atoms with Crippen LogP contribution in [0.15, 0.2) is 47.2 Å². The molecule has 0 radical (unpaired) electrons. The van der Waals surface area contributed by atoms with Crippen LogP contribution in [0.5, 0.6) is 11.8 Å². The molecule has 4 rings (SSSR count). The van der Waals surface area contributed by atoms with Crippen molar-refractivity contribution in [3.8, 4) is 23.2 Å². The minimum atomic E-state index is -0.451. The third-order valence-corrected chi connectivity index (χ3v) is 4.09. The summed E-state index contributed by atoms with van der Waals surface area (Å²) in [5.74, 6) is 0.403. The predicted molar refractivity (Wildman–Crippen MR) is 79.8 cm³/mol. The van der Waals surface area contributed by atoms with Crippen LogP contribution < -0.4 is 39.4 Å². The van der Waals surface area contributed by atoms with E-state index < -0.39 is 5.88 Å². The maximum Gasteiger partial charge on any atom is 1.00 e. The Balaban J connectivity index is 0.00000182. The van der Waals surface area contributed by atoms with Gasteiger partial charge in [-0.15, -0.1) is 0 Å². The van der Waals surface area contributed by atoms with E-state index in [0.29, 0.717) is 17.5 Å². The molecule has 1 fully saturated rings. The topological polar surface area (TPSA) is 84.1 Å². The first kappa shape index (κ1) is 17.8. The van der Waals surface area contributed by atoms with E-state index in [9.17, 15) is 9.50 Å². The second kappa shape index (κ2) is 7.51. The van der Waals surface area contributed by atoms with Crippen molar-refractivity contribution in [2.45, 2.75) is 24.9 Å². The number of hydrogen-bond donors (Lipinski definition) is 0. The fraction of sp³-hybridized carbons (Fsp3) is 0.235. The van der Waals surface area contributed by atoms with Crippen LogP contribution in [-0.2, 0) is 0 Å². The van der Waals surface area contributed by atoms with Gasteiger partial charge in [-0.25, -0.2) is 14.4 Å². The molecular formula is C17H13FN3NaO3. The predicted octanol–water partition coefficient (Wildman–Crippen LogP) is -0.327. The van der Waals surface area contributed by atoms with Gasteiger partial charge in [-0.1, -0.05) is 17.3 Å². The molecule has 0 aliphatic heterocycles. The van der Waals surface area contributed by atoms with E-state index in [0.717, 1.165) is 18.4 Å². The summed E-state index contributed by atoms with van der Waals surface area (Å²) in [6.45, 7) is 0. The first-order chi connectivity index (χ1) is 11.7. The second-order valence-corrected chi connectivity index (χ2v) is 5.73. The second-order valence-electron chi connectivity index (χ2n) is 5.73. The van der Waals surface area contributed by atoms with Gasteiger partial charge < -0.3 is 14.4 Å². The van der Waals surface area contributed by atoms with Crippen molar-refractivity contribution < 1.29 is 48.3 Å². The molecule has 8 heteroatoms. The minimum absolute atomic E-state index is 0. The van der Waals surface area contributed by atoms with E-state index >= 15 is 0 Å². The monoisotopic (exact) mass is 349 g/mol. The van der Waals surface area contributed by atoms with Gasteiger partial charge in [0.05, 0.1) is 12.4 Å². The van der Waals surface area contributed by atoms with E-state index in [1.54, 1.807) is 0 Å². The summed E-state index contributed by atoms with van der Waals surface area (Å²) in [5, 5.41) is 14.3. The maximum atomic E-state index is 12.9. The summed E-state index contributed by atoms with van der Waals surface area (Å²) in [7, 11) is 0. The molecule has 1 aliphatic carbocycles. The number of rotatable bonds is 4. The van der Waals surface area contributed by atoms with E-state index in [1.165, 1.54) is 30.6 Å². The van der Waals surface area contributed by atoms with Gasteiger partial charge in [0.1, 0.15) is 17.6 Å². The van der Waals surface area contributed by atoms with Gasteiger partial charge in [-0.3, -0.25) is 0 Å². The van der Waals surface area contributed by atoms with Crippen LogP contribution in [0, 0.1) is 5.82 Å². The molecule has 0 bridgehead atoms. The van der Waals surface area contributed by atoms with E-state index in [1.807, 2.05) is 12.1 Å². The van der Waals surface area contributed by atoms with Crippen LogP contribution in [-0.4, -0.2) is 21.2 Å². The molecule has 0 N–H and O–H groups in total. The molecule has 2 aromatic heterocycles. The summed E-state index contributed by atoms with van der Waals surface area (Å²) in [6, 6.07) is 7.83. The van der Waals surface area contributed by atoms with Gasteiger partial charge in [-0.2, -0.15) is 0 Å². The number of nitrogens with zero attached hydrogens (tertiary/aromatic N) is 3. The van der Waals surface area contributed by atoms with Gasteiger partial charge in [0.2, 0.25) is 5.88 Å². The minimum Gasteiger partial charge on any atom is -0.856 e. The van der Waals surface area contributed by atoms with Crippen molar-refractivity contribution in [3.63, 3.8) is 0 Å². The average molecular weight is 349 g/mol. The standard InChI is InChI=1S/C17H14FN3O3.Na/c18-12-3-1-10(2-4-12)11-5-13(6-11)23-17-9-19-14(8-20-17)15-7-16(22)21-24-15;/h1-4,7-9,11,13H,5-6H2,(H,21,22);/q;+1/p-1/t11-,13+;. The summed E-state index contributed by atoms with van der Waals surface area (Å²) in [5.41, 5.74) is 1.55. The average Bonchev–Trinajstić information content (AvgIpc) is 2.99. The van der Waals surface area contributed by atoms with Crippen molar-refractivity contribution in [1.29, 1.82) is 0 Å². The first-order valence-electron chi connectivity index (χ1n) is 7.55. The third-order valence-electron chi connectivity index (χ3n) is 4.09. The van der Waals surface area contributed by atoms with Gasteiger partial charge in [-0.05, 0) is 36.5 Å². The van der Waals surface area contributed by atoms with E-state index in [4.69, 9.17) is 9.26 Å².